The quantitative estimate of drug-likeness (QED) is 0.151. The molecule has 11 nitrogen and oxygen atoms in total. The van der Waals surface area contributed by atoms with Gasteiger partial charge in [0.2, 0.25) is 0 Å². The second-order valence-electron chi connectivity index (χ2n) is 20.8. The highest BCUT2D eigenvalue weighted by atomic mass is 32.2. The molecule has 0 aromatic heterocycles. The third kappa shape index (κ3) is 5.91. The summed E-state index contributed by atoms with van der Waals surface area (Å²) in [6.07, 6.45) is 11.3. The van der Waals surface area contributed by atoms with E-state index < -0.39 is 54.4 Å². The van der Waals surface area contributed by atoms with Crippen LogP contribution in [0.25, 0.3) is 0 Å². The molecule has 12 saturated carbocycles. The Kier molecular flexibility index (Phi) is 8.28. The van der Waals surface area contributed by atoms with Crippen molar-refractivity contribution in [2.24, 2.45) is 57.7 Å². The number of aliphatic hydroxyl groups is 2. The molecule has 1 spiro atoms. The van der Waals surface area contributed by atoms with Crippen LogP contribution in [0.1, 0.15) is 109 Å². The van der Waals surface area contributed by atoms with Crippen LogP contribution in [0, 0.1) is 57.7 Å². The Balaban J connectivity index is 0.874. The van der Waals surface area contributed by atoms with Gasteiger partial charge in [-0.25, -0.2) is 4.79 Å². The molecule has 0 aromatic rings. The number of hydrogen-bond acceptors (Lipinski definition) is 12. The number of rotatable bonds is 9. The molecule has 12 aliphatic carbocycles. The zero-order valence-electron chi connectivity index (χ0n) is 31.0. The first kappa shape index (κ1) is 38.0. The van der Waals surface area contributed by atoms with Gasteiger partial charge in [-0.2, -0.15) is 17.2 Å². The van der Waals surface area contributed by atoms with E-state index >= 15 is 0 Å². The largest absolute Gasteiger partial charge is 0.465 e. The number of thioether (sulfide) groups is 2. The molecule has 0 amide bonds. The minimum atomic E-state index is -5.99. The lowest BCUT2D eigenvalue weighted by Crippen LogP contribution is -2.64. The molecular formula is C39H52F2O11S3. The maximum Gasteiger partial charge on any atom is 0.465 e. The van der Waals surface area contributed by atoms with Gasteiger partial charge in [-0.3, -0.25) is 14.1 Å². The molecule has 6 unspecified atom stereocenters. The fraction of sp³-hybridized carbons (Fsp3) is 0.923. The van der Waals surface area contributed by atoms with Crippen molar-refractivity contribution in [2.75, 3.05) is 24.7 Å². The fourth-order valence-corrected chi connectivity index (χ4v) is 19.6. The van der Waals surface area contributed by atoms with Gasteiger partial charge in [0.1, 0.15) is 18.8 Å². The Morgan fingerprint density at radius 1 is 0.655 bits per heavy atom. The van der Waals surface area contributed by atoms with E-state index in [1.165, 1.54) is 0 Å². The molecule has 12 bridgehead atoms. The maximum atomic E-state index is 14.3. The molecule has 3 N–H and O–H groups in total. The van der Waals surface area contributed by atoms with E-state index in [9.17, 15) is 41.8 Å². The molecule has 13 fully saturated rings. The van der Waals surface area contributed by atoms with Gasteiger partial charge in [0, 0.05) is 11.5 Å². The van der Waals surface area contributed by atoms with Gasteiger partial charge in [0.05, 0.1) is 31.5 Å². The van der Waals surface area contributed by atoms with Gasteiger partial charge in [-0.1, -0.05) is 0 Å². The van der Waals surface area contributed by atoms with Crippen molar-refractivity contribution in [1.82, 2.24) is 0 Å². The number of hydrogen-bond donors (Lipinski definition) is 3. The first-order chi connectivity index (χ1) is 25.7. The summed E-state index contributed by atoms with van der Waals surface area (Å²) < 4.78 is 78.0. The molecular weight excluding hydrogens is 779 g/mol. The third-order valence-corrected chi connectivity index (χ3v) is 21.6. The van der Waals surface area contributed by atoms with Gasteiger partial charge in [0.25, 0.3) is 0 Å². The summed E-state index contributed by atoms with van der Waals surface area (Å²) in [5.74, 6) is -0.460. The van der Waals surface area contributed by atoms with Gasteiger partial charge in [-0.15, -0.1) is 23.5 Å². The lowest BCUT2D eigenvalue weighted by Gasteiger charge is -2.65. The Morgan fingerprint density at radius 3 is 1.49 bits per heavy atom. The Morgan fingerprint density at radius 2 is 1.09 bits per heavy atom. The van der Waals surface area contributed by atoms with Gasteiger partial charge < -0.3 is 24.4 Å². The molecule has 306 valence electrons. The first-order valence-electron chi connectivity index (χ1n) is 20.3. The van der Waals surface area contributed by atoms with Crippen molar-refractivity contribution < 1.29 is 60.6 Å². The van der Waals surface area contributed by atoms with Crippen LogP contribution in [0.2, 0.25) is 0 Å². The van der Waals surface area contributed by atoms with E-state index in [2.05, 4.69) is 0 Å². The van der Waals surface area contributed by atoms with Crippen molar-refractivity contribution >= 4 is 51.5 Å². The smallest absolute Gasteiger partial charge is 0.464 e. The van der Waals surface area contributed by atoms with Crippen molar-refractivity contribution in [1.29, 1.82) is 0 Å². The zero-order valence-corrected chi connectivity index (χ0v) is 33.4. The minimum Gasteiger partial charge on any atom is -0.464 e. The van der Waals surface area contributed by atoms with Crippen LogP contribution in [-0.4, -0.2) is 91.9 Å². The Bertz CT molecular complexity index is 1680. The highest BCUT2D eigenvalue weighted by molar-refractivity contribution is 8.18. The molecule has 16 heteroatoms. The second-order valence-corrected chi connectivity index (χ2v) is 25.0. The number of carbonyl (C=O) groups excluding carboxylic acids is 3. The van der Waals surface area contributed by atoms with Crippen LogP contribution in [0.3, 0.4) is 0 Å². The molecule has 13 rings (SSSR count). The normalized spacial score (nSPS) is 51.4. The van der Waals surface area contributed by atoms with Gasteiger partial charge in [-0.05, 0) is 151 Å². The Labute approximate surface area is 328 Å². The molecule has 1 heterocycles. The van der Waals surface area contributed by atoms with Crippen LogP contribution in [0.15, 0.2) is 0 Å². The molecule has 0 aromatic carbocycles. The van der Waals surface area contributed by atoms with Crippen LogP contribution < -0.4 is 0 Å². The number of alkyl halides is 2. The molecule has 6 atom stereocenters. The summed E-state index contributed by atoms with van der Waals surface area (Å²) in [7, 11) is -5.99. The van der Waals surface area contributed by atoms with Crippen LogP contribution >= 0.6 is 23.5 Å². The van der Waals surface area contributed by atoms with E-state index in [4.69, 9.17) is 18.8 Å². The van der Waals surface area contributed by atoms with E-state index in [0.29, 0.717) is 67.3 Å². The predicted octanol–water partition coefficient (Wildman–Crippen LogP) is 5.50. The molecule has 13 aliphatic rings. The number of carbonyl (C=O) groups is 3. The highest BCUT2D eigenvalue weighted by Crippen LogP contribution is 2.71. The lowest BCUT2D eigenvalue weighted by molar-refractivity contribution is -0.203. The topological polar surface area (TPSA) is 174 Å². The number of ether oxygens (including phenoxy) is 3. The van der Waals surface area contributed by atoms with Crippen LogP contribution in [-0.2, 0) is 38.7 Å². The summed E-state index contributed by atoms with van der Waals surface area (Å²) in [4.78, 5) is 40.8. The monoisotopic (exact) mass is 830 g/mol. The molecule has 55 heavy (non-hydrogen) atoms. The van der Waals surface area contributed by atoms with Gasteiger partial charge in [0.15, 0.2) is 0 Å². The number of esters is 3. The number of halogens is 2. The SMILES string of the molecule is O=C(OCC1(COC(=O)C23CC4CC(CC(O)(C4)C2)C3)CSC2(SC1)C1CC3CC2CC(OC(=O)C(F)(F)S(=O)(=O)O)(C3)C1)C12CC3CC(CC(O)(C3)C1)C2. The highest BCUT2D eigenvalue weighted by Gasteiger charge is 2.68. The third-order valence-electron chi connectivity index (χ3n) is 16.3. The van der Waals surface area contributed by atoms with Crippen molar-refractivity contribution in [3.8, 4) is 0 Å². The first-order valence-corrected chi connectivity index (χ1v) is 23.7. The van der Waals surface area contributed by atoms with Gasteiger partial charge >= 0.3 is 33.3 Å². The zero-order chi connectivity index (χ0) is 38.7. The van der Waals surface area contributed by atoms with E-state index in [-0.39, 0.29) is 47.0 Å². The lowest BCUT2D eigenvalue weighted by atomic mass is 9.48. The van der Waals surface area contributed by atoms with Crippen molar-refractivity contribution in [2.45, 2.75) is 135 Å². The molecule has 1 saturated heterocycles. The van der Waals surface area contributed by atoms with E-state index in [0.717, 1.165) is 77.0 Å². The van der Waals surface area contributed by atoms with Crippen LogP contribution in [0.4, 0.5) is 8.78 Å². The minimum absolute atomic E-state index is 0.0236. The summed E-state index contributed by atoms with van der Waals surface area (Å²) in [5.41, 5.74) is -5.02. The standard InChI is InChI=1S/C39H52F2O11S3/c40-39(41,55(47,48)49)31(44)52-37-13-22-3-27(14-37)38(28(4-22)15-37)53-20-32(21-54-38,18-50-29(42)33-5-23-1-24(6-33)10-35(45,9-23)16-33)19-51-30(43)34-7-25-2-26(8-34)12-36(46,11-25)17-34/h22-28,45-46H,1-21H2,(H,47,48,49). The van der Waals surface area contributed by atoms with Crippen LogP contribution in [0.5, 0.6) is 0 Å². The van der Waals surface area contributed by atoms with E-state index in [1.807, 2.05) is 0 Å². The van der Waals surface area contributed by atoms with Crippen molar-refractivity contribution in [3.63, 3.8) is 0 Å². The summed E-state index contributed by atoms with van der Waals surface area (Å²) in [6.45, 7) is 0.105. The Hall–Kier alpha value is -1.20. The molecule has 0 radical (unpaired) electrons. The average molecular weight is 831 g/mol. The predicted molar refractivity (Wildman–Crippen MR) is 195 cm³/mol. The fourth-order valence-electron chi connectivity index (χ4n) is 15.3. The second kappa shape index (κ2) is 12.0. The summed E-state index contributed by atoms with van der Waals surface area (Å²) >= 11 is 3.46. The molecule has 1 aliphatic heterocycles. The summed E-state index contributed by atoms with van der Waals surface area (Å²) in [6, 6.07) is 0. The average Bonchev–Trinajstić information content (AvgIpc) is 3.06. The summed E-state index contributed by atoms with van der Waals surface area (Å²) in [5, 5.41) is 17.7. The van der Waals surface area contributed by atoms with E-state index in [1.54, 1.807) is 23.5 Å². The van der Waals surface area contributed by atoms with Crippen molar-refractivity contribution in [3.05, 3.63) is 0 Å². The maximum absolute atomic E-state index is 14.3.